The Hall–Kier alpha value is -1.88. The molecule has 1 amide bonds. The Morgan fingerprint density at radius 1 is 1.24 bits per heavy atom. The van der Waals surface area contributed by atoms with Crippen molar-refractivity contribution in [2.24, 2.45) is 17.8 Å². The summed E-state index contributed by atoms with van der Waals surface area (Å²) in [7, 11) is 0. The van der Waals surface area contributed by atoms with Crippen molar-refractivity contribution in [1.29, 1.82) is 0 Å². The van der Waals surface area contributed by atoms with Gasteiger partial charge in [-0.2, -0.15) is 0 Å². The van der Waals surface area contributed by atoms with E-state index in [0.29, 0.717) is 19.4 Å². The molecule has 3 N–H and O–H groups in total. The molecule has 1 aromatic rings. The van der Waals surface area contributed by atoms with Gasteiger partial charge >= 0.3 is 5.97 Å². The highest BCUT2D eigenvalue weighted by Crippen LogP contribution is 2.36. The van der Waals surface area contributed by atoms with Crippen molar-refractivity contribution < 1.29 is 19.8 Å². The molecule has 0 spiro atoms. The molecular weight excluding hydrogens is 270 g/mol. The molecule has 1 unspecified atom stereocenters. The molecule has 1 saturated carbocycles. The largest absolute Gasteiger partial charge is 0.481 e. The van der Waals surface area contributed by atoms with Crippen LogP contribution in [0.5, 0.6) is 0 Å². The van der Waals surface area contributed by atoms with Crippen LogP contribution in [0.4, 0.5) is 0 Å². The van der Waals surface area contributed by atoms with Crippen LogP contribution in [0.1, 0.15) is 30.9 Å². The van der Waals surface area contributed by atoms with Gasteiger partial charge in [-0.3, -0.25) is 9.59 Å². The second-order valence-corrected chi connectivity index (χ2v) is 5.82. The van der Waals surface area contributed by atoms with E-state index in [4.69, 9.17) is 5.11 Å². The molecule has 0 heterocycles. The lowest BCUT2D eigenvalue weighted by Crippen LogP contribution is -2.34. The highest BCUT2D eigenvalue weighted by molar-refractivity contribution is 5.85. The summed E-state index contributed by atoms with van der Waals surface area (Å²) in [5.74, 6) is -1.84. The SMILES string of the molecule is CC1C[C@H](C(=O)NCc2cccc(CO)c2)[C@H](C(=O)O)C1. The molecule has 1 fully saturated rings. The molecule has 1 aliphatic rings. The van der Waals surface area contributed by atoms with Crippen LogP contribution < -0.4 is 5.32 Å². The lowest BCUT2D eigenvalue weighted by atomic mass is 9.95. The Labute approximate surface area is 124 Å². The third kappa shape index (κ3) is 3.82. The number of aliphatic hydroxyl groups is 1. The summed E-state index contributed by atoms with van der Waals surface area (Å²) in [6.45, 7) is 2.29. The maximum Gasteiger partial charge on any atom is 0.307 e. The van der Waals surface area contributed by atoms with Crippen LogP contribution in [-0.2, 0) is 22.7 Å². The number of hydrogen-bond acceptors (Lipinski definition) is 3. The molecule has 5 nitrogen and oxygen atoms in total. The maximum atomic E-state index is 12.2. The Morgan fingerprint density at radius 3 is 2.57 bits per heavy atom. The van der Waals surface area contributed by atoms with E-state index < -0.39 is 17.8 Å². The van der Waals surface area contributed by atoms with Crippen molar-refractivity contribution in [3.05, 3.63) is 35.4 Å². The van der Waals surface area contributed by atoms with Gasteiger partial charge in [-0.25, -0.2) is 0 Å². The van der Waals surface area contributed by atoms with Crippen molar-refractivity contribution >= 4 is 11.9 Å². The first-order valence-corrected chi connectivity index (χ1v) is 7.20. The van der Waals surface area contributed by atoms with Gasteiger partial charge in [-0.05, 0) is 29.9 Å². The zero-order valence-electron chi connectivity index (χ0n) is 12.1. The number of aliphatic hydroxyl groups excluding tert-OH is 1. The summed E-state index contributed by atoms with van der Waals surface area (Å²) in [5.41, 5.74) is 1.69. The van der Waals surface area contributed by atoms with Crippen LogP contribution >= 0.6 is 0 Å². The lowest BCUT2D eigenvalue weighted by molar-refractivity contribution is -0.146. The van der Waals surface area contributed by atoms with Crippen LogP contribution in [0.15, 0.2) is 24.3 Å². The predicted molar refractivity (Wildman–Crippen MR) is 77.2 cm³/mol. The van der Waals surface area contributed by atoms with Gasteiger partial charge in [-0.15, -0.1) is 0 Å². The molecule has 114 valence electrons. The molecule has 0 aromatic heterocycles. The highest BCUT2D eigenvalue weighted by Gasteiger charge is 2.40. The number of carbonyl (C=O) groups excluding carboxylic acids is 1. The summed E-state index contributed by atoms with van der Waals surface area (Å²) in [4.78, 5) is 23.4. The molecule has 5 heteroatoms. The minimum atomic E-state index is -0.887. The summed E-state index contributed by atoms with van der Waals surface area (Å²) in [6, 6.07) is 7.33. The molecule has 0 bridgehead atoms. The third-order valence-electron chi connectivity index (χ3n) is 4.09. The first-order valence-electron chi connectivity index (χ1n) is 7.20. The quantitative estimate of drug-likeness (QED) is 0.768. The third-order valence-corrected chi connectivity index (χ3v) is 4.09. The molecule has 0 radical (unpaired) electrons. The van der Waals surface area contributed by atoms with Crippen molar-refractivity contribution in [1.82, 2.24) is 5.32 Å². The summed E-state index contributed by atoms with van der Waals surface area (Å²) in [5, 5.41) is 21.1. The van der Waals surface area contributed by atoms with Gasteiger partial charge in [0, 0.05) is 6.54 Å². The Bertz CT molecular complexity index is 529. The van der Waals surface area contributed by atoms with Crippen LogP contribution in [0, 0.1) is 17.8 Å². The number of carboxylic acids is 1. The number of hydrogen-bond donors (Lipinski definition) is 3. The normalized spacial score (nSPS) is 24.8. The number of rotatable bonds is 5. The average molecular weight is 291 g/mol. The van der Waals surface area contributed by atoms with Gasteiger partial charge in [-0.1, -0.05) is 31.2 Å². The number of aliphatic carboxylic acids is 1. The molecule has 0 aliphatic heterocycles. The van der Waals surface area contributed by atoms with Crippen molar-refractivity contribution in [2.45, 2.75) is 32.9 Å². The number of carbonyl (C=O) groups is 2. The number of amides is 1. The van der Waals surface area contributed by atoms with Gasteiger partial charge in [0.15, 0.2) is 0 Å². The molecule has 21 heavy (non-hydrogen) atoms. The van der Waals surface area contributed by atoms with Crippen LogP contribution in [-0.4, -0.2) is 22.1 Å². The van der Waals surface area contributed by atoms with E-state index in [1.165, 1.54) is 0 Å². The highest BCUT2D eigenvalue weighted by atomic mass is 16.4. The summed E-state index contributed by atoms with van der Waals surface area (Å²) >= 11 is 0. The Morgan fingerprint density at radius 2 is 1.90 bits per heavy atom. The second kappa shape index (κ2) is 6.72. The Kier molecular flexibility index (Phi) is 4.96. The topological polar surface area (TPSA) is 86.6 Å². The zero-order chi connectivity index (χ0) is 15.4. The van der Waals surface area contributed by atoms with E-state index in [9.17, 15) is 14.7 Å². The molecule has 1 aromatic carbocycles. The fourth-order valence-corrected chi connectivity index (χ4v) is 3.01. The fourth-order valence-electron chi connectivity index (χ4n) is 3.01. The lowest BCUT2D eigenvalue weighted by Gasteiger charge is -2.15. The van der Waals surface area contributed by atoms with Crippen molar-refractivity contribution in [3.63, 3.8) is 0 Å². The smallest absolute Gasteiger partial charge is 0.307 e. The average Bonchev–Trinajstić information content (AvgIpc) is 2.87. The standard InChI is InChI=1S/C16H21NO4/c1-10-5-13(14(6-10)16(20)21)15(19)17-8-11-3-2-4-12(7-11)9-18/h2-4,7,10,13-14,18H,5-6,8-9H2,1H3,(H,17,19)(H,20,21)/t10?,13-,14+/m0/s1. The molecular formula is C16H21NO4. The molecule has 2 rings (SSSR count). The van der Waals surface area contributed by atoms with E-state index in [1.807, 2.05) is 31.2 Å². The summed E-state index contributed by atoms with van der Waals surface area (Å²) < 4.78 is 0. The second-order valence-electron chi connectivity index (χ2n) is 5.82. The molecule has 1 aliphatic carbocycles. The van der Waals surface area contributed by atoms with E-state index in [-0.39, 0.29) is 18.4 Å². The number of carboxylic acid groups (broad SMARTS) is 1. The fraction of sp³-hybridized carbons (Fsp3) is 0.500. The first-order chi connectivity index (χ1) is 10.0. The van der Waals surface area contributed by atoms with Gasteiger partial charge < -0.3 is 15.5 Å². The van der Waals surface area contributed by atoms with Gasteiger partial charge in [0.25, 0.3) is 0 Å². The van der Waals surface area contributed by atoms with Crippen LogP contribution in [0.3, 0.4) is 0 Å². The van der Waals surface area contributed by atoms with Gasteiger partial charge in [0.05, 0.1) is 18.4 Å². The zero-order valence-corrected chi connectivity index (χ0v) is 12.1. The van der Waals surface area contributed by atoms with E-state index >= 15 is 0 Å². The Balaban J connectivity index is 1.96. The predicted octanol–water partition coefficient (Wildman–Crippen LogP) is 1.54. The minimum Gasteiger partial charge on any atom is -0.481 e. The van der Waals surface area contributed by atoms with E-state index in [2.05, 4.69) is 5.32 Å². The first kappa shape index (κ1) is 15.5. The van der Waals surface area contributed by atoms with E-state index in [0.717, 1.165) is 11.1 Å². The maximum absolute atomic E-state index is 12.2. The van der Waals surface area contributed by atoms with Gasteiger partial charge in [0.2, 0.25) is 5.91 Å². The number of nitrogens with one attached hydrogen (secondary N) is 1. The number of benzene rings is 1. The van der Waals surface area contributed by atoms with E-state index in [1.54, 1.807) is 0 Å². The molecule has 0 saturated heterocycles. The summed E-state index contributed by atoms with van der Waals surface area (Å²) in [6.07, 6.45) is 1.19. The van der Waals surface area contributed by atoms with Gasteiger partial charge in [0.1, 0.15) is 0 Å². The monoisotopic (exact) mass is 291 g/mol. The van der Waals surface area contributed by atoms with Crippen LogP contribution in [0.2, 0.25) is 0 Å². The van der Waals surface area contributed by atoms with Crippen molar-refractivity contribution in [3.8, 4) is 0 Å². The minimum absolute atomic E-state index is 0.0387. The molecule has 3 atom stereocenters. The van der Waals surface area contributed by atoms with Crippen LogP contribution in [0.25, 0.3) is 0 Å². The van der Waals surface area contributed by atoms with Crippen molar-refractivity contribution in [2.75, 3.05) is 0 Å².